The van der Waals surface area contributed by atoms with Crippen molar-refractivity contribution in [3.05, 3.63) is 22.5 Å². The number of nitrogens with one attached hydrogen (secondary N) is 1. The van der Waals surface area contributed by atoms with Crippen LogP contribution in [0.4, 0.5) is 0 Å². The fourth-order valence-corrected chi connectivity index (χ4v) is 4.16. The average molecular weight is 397 g/mol. The summed E-state index contributed by atoms with van der Waals surface area (Å²) in [6.07, 6.45) is 1.31. The summed E-state index contributed by atoms with van der Waals surface area (Å²) in [5.41, 5.74) is 2.06. The van der Waals surface area contributed by atoms with E-state index in [1.165, 1.54) is 25.6 Å². The summed E-state index contributed by atoms with van der Waals surface area (Å²) in [6.45, 7) is 8.31. The largest absolute Gasteiger partial charge is 0.454 e. The number of thiocarbonyl (C=S) groups is 1. The molecule has 0 bridgehead atoms. The Morgan fingerprint density at radius 2 is 1.88 bits per heavy atom. The summed E-state index contributed by atoms with van der Waals surface area (Å²) in [5, 5.41) is 0. The zero-order chi connectivity index (χ0) is 19.4. The summed E-state index contributed by atoms with van der Waals surface area (Å²) in [6, 6.07) is 0. The number of carbonyl (C=O) groups is 3. The minimum Gasteiger partial charge on any atom is -0.454 e. The van der Waals surface area contributed by atoms with E-state index >= 15 is 0 Å². The van der Waals surface area contributed by atoms with Crippen LogP contribution in [-0.2, 0) is 9.53 Å². The van der Waals surface area contributed by atoms with Crippen molar-refractivity contribution >= 4 is 45.8 Å². The van der Waals surface area contributed by atoms with Gasteiger partial charge in [0.25, 0.3) is 0 Å². The Hall–Kier alpha value is -1.67. The van der Waals surface area contributed by atoms with Gasteiger partial charge < -0.3 is 14.6 Å². The van der Waals surface area contributed by atoms with Gasteiger partial charge >= 0.3 is 5.97 Å². The van der Waals surface area contributed by atoms with Crippen LogP contribution < -0.4 is 0 Å². The summed E-state index contributed by atoms with van der Waals surface area (Å²) >= 11 is 6.57. The van der Waals surface area contributed by atoms with Crippen LogP contribution in [0.1, 0.15) is 58.8 Å². The predicted octanol–water partition coefficient (Wildman–Crippen LogP) is 3.06. The molecule has 6 nitrogen and oxygen atoms in total. The number of aromatic amines is 1. The minimum absolute atomic E-state index is 0.0778. The van der Waals surface area contributed by atoms with Crippen molar-refractivity contribution in [1.29, 1.82) is 0 Å². The van der Waals surface area contributed by atoms with E-state index in [1.807, 2.05) is 0 Å². The molecular weight excluding hydrogens is 372 g/mol. The number of hydrogen-bond donors (Lipinski definition) is 1. The van der Waals surface area contributed by atoms with E-state index in [0.29, 0.717) is 26.8 Å². The number of thioether (sulfide) groups is 1. The van der Waals surface area contributed by atoms with Gasteiger partial charge in [0.1, 0.15) is 4.32 Å². The number of ether oxygens (including phenoxy) is 1. The smallest absolute Gasteiger partial charge is 0.317 e. The maximum Gasteiger partial charge on any atom is 0.317 e. The van der Waals surface area contributed by atoms with Crippen molar-refractivity contribution in [2.45, 2.75) is 46.6 Å². The first-order valence-electron chi connectivity index (χ1n) is 8.57. The quantitative estimate of drug-likeness (QED) is 0.450. The molecule has 0 unspecified atom stereocenters. The molecule has 0 spiro atoms. The second kappa shape index (κ2) is 8.81. The average Bonchev–Trinajstić information content (AvgIpc) is 3.20. The fraction of sp³-hybridized carbons (Fsp3) is 0.556. The van der Waals surface area contributed by atoms with Crippen LogP contribution in [0.5, 0.6) is 0 Å². The normalized spacial score (nSPS) is 15.0. The molecule has 8 heteroatoms. The number of H-pyrrole nitrogens is 1. The molecule has 0 saturated carbocycles. The number of aryl methyl sites for hydroxylation is 1. The third-order valence-electron chi connectivity index (χ3n) is 4.39. The van der Waals surface area contributed by atoms with E-state index in [2.05, 4.69) is 9.88 Å². The molecular formula is C18H24N2O4S2. The lowest BCUT2D eigenvalue weighted by atomic mass is 10.0. The highest BCUT2D eigenvalue weighted by atomic mass is 32.2. The zero-order valence-corrected chi connectivity index (χ0v) is 17.1. The molecule has 0 radical (unpaired) electrons. The fourth-order valence-electron chi connectivity index (χ4n) is 3.12. The number of Topliss-reactive ketones (excluding diaryl/α,β-unsaturated/α-hetero) is 2. The van der Waals surface area contributed by atoms with Gasteiger partial charge in [0.2, 0.25) is 5.78 Å². The molecule has 142 valence electrons. The number of aromatic nitrogens is 1. The van der Waals surface area contributed by atoms with E-state index < -0.39 is 12.1 Å². The molecule has 1 aromatic rings. The van der Waals surface area contributed by atoms with Crippen LogP contribution in [0.3, 0.4) is 0 Å². The van der Waals surface area contributed by atoms with E-state index in [9.17, 15) is 14.4 Å². The number of ketones is 2. The SMILES string of the molecule is CC(=O)c1c(C)[nH]c(C(=O)[C@H](C)OC(=O)CSC(=S)N2CCCC2)c1C. The van der Waals surface area contributed by atoms with Gasteiger partial charge in [-0.3, -0.25) is 14.4 Å². The maximum absolute atomic E-state index is 12.6. The van der Waals surface area contributed by atoms with Gasteiger partial charge in [-0.25, -0.2) is 0 Å². The summed E-state index contributed by atoms with van der Waals surface area (Å²) < 4.78 is 5.95. The second-order valence-corrected chi connectivity index (χ2v) is 8.04. The Labute approximate surface area is 163 Å². The standard InChI is InChI=1S/C18H24N2O4S2/c1-10-15(12(3)21)11(2)19-16(10)17(23)13(4)24-14(22)9-26-18(25)20-7-5-6-8-20/h13,19H,5-9H2,1-4H3/t13-/m0/s1. The number of rotatable bonds is 6. The number of hydrogen-bond acceptors (Lipinski definition) is 6. The first kappa shape index (κ1) is 20.6. The van der Waals surface area contributed by atoms with Crippen molar-refractivity contribution in [3.63, 3.8) is 0 Å². The van der Waals surface area contributed by atoms with Gasteiger partial charge in [0.15, 0.2) is 11.9 Å². The highest BCUT2D eigenvalue weighted by molar-refractivity contribution is 8.23. The van der Waals surface area contributed by atoms with Gasteiger partial charge in [-0.1, -0.05) is 24.0 Å². The molecule has 0 aromatic carbocycles. The van der Waals surface area contributed by atoms with Crippen LogP contribution in [0.2, 0.25) is 0 Å². The van der Waals surface area contributed by atoms with E-state index in [1.54, 1.807) is 13.8 Å². The van der Waals surface area contributed by atoms with Crippen molar-refractivity contribution < 1.29 is 19.1 Å². The number of likely N-dealkylation sites (tertiary alicyclic amines) is 1. The van der Waals surface area contributed by atoms with Crippen molar-refractivity contribution in [2.24, 2.45) is 0 Å². The van der Waals surface area contributed by atoms with Crippen LogP contribution in [0.15, 0.2) is 0 Å². The Balaban J connectivity index is 1.92. The van der Waals surface area contributed by atoms with Crippen LogP contribution in [0.25, 0.3) is 0 Å². The van der Waals surface area contributed by atoms with Crippen LogP contribution >= 0.6 is 24.0 Å². The van der Waals surface area contributed by atoms with Gasteiger partial charge in [-0.2, -0.15) is 0 Å². The molecule has 1 aromatic heterocycles. The first-order valence-corrected chi connectivity index (χ1v) is 9.97. The van der Waals surface area contributed by atoms with Gasteiger partial charge in [0, 0.05) is 24.3 Å². The van der Waals surface area contributed by atoms with Gasteiger partial charge in [-0.05, 0) is 46.1 Å². The topological polar surface area (TPSA) is 79.5 Å². The Morgan fingerprint density at radius 1 is 1.27 bits per heavy atom. The third-order valence-corrected chi connectivity index (χ3v) is 5.89. The number of esters is 1. The van der Waals surface area contributed by atoms with Crippen LogP contribution in [-0.4, -0.2) is 56.7 Å². The highest BCUT2D eigenvalue weighted by Crippen LogP contribution is 2.21. The van der Waals surface area contributed by atoms with E-state index in [4.69, 9.17) is 17.0 Å². The predicted molar refractivity (Wildman–Crippen MR) is 106 cm³/mol. The molecule has 2 rings (SSSR count). The lowest BCUT2D eigenvalue weighted by Crippen LogP contribution is -2.28. The summed E-state index contributed by atoms with van der Waals surface area (Å²) in [7, 11) is 0. The van der Waals surface area contributed by atoms with E-state index in [0.717, 1.165) is 25.9 Å². The molecule has 26 heavy (non-hydrogen) atoms. The molecule has 1 aliphatic heterocycles. The molecule has 1 fully saturated rings. The van der Waals surface area contributed by atoms with Crippen LogP contribution in [0, 0.1) is 13.8 Å². The minimum atomic E-state index is -0.931. The maximum atomic E-state index is 12.6. The molecule has 0 aliphatic carbocycles. The molecule has 1 saturated heterocycles. The van der Waals surface area contributed by atoms with E-state index in [-0.39, 0.29) is 17.3 Å². The third kappa shape index (κ3) is 4.73. The van der Waals surface area contributed by atoms with Crippen molar-refractivity contribution in [3.8, 4) is 0 Å². The van der Waals surface area contributed by atoms with Gasteiger partial charge in [0.05, 0.1) is 11.4 Å². The molecule has 1 N–H and O–H groups in total. The Morgan fingerprint density at radius 3 is 2.42 bits per heavy atom. The first-order chi connectivity index (χ1) is 12.2. The van der Waals surface area contributed by atoms with Crippen molar-refractivity contribution in [2.75, 3.05) is 18.8 Å². The van der Waals surface area contributed by atoms with Gasteiger partial charge in [-0.15, -0.1) is 0 Å². The molecule has 0 amide bonds. The monoisotopic (exact) mass is 396 g/mol. The molecule has 1 aliphatic rings. The molecule has 2 heterocycles. The lowest BCUT2D eigenvalue weighted by Gasteiger charge is -2.17. The Kier molecular flexibility index (Phi) is 7.00. The Bertz CT molecular complexity index is 736. The summed E-state index contributed by atoms with van der Waals surface area (Å²) in [4.78, 5) is 41.3. The van der Waals surface area contributed by atoms with Crippen molar-refractivity contribution in [1.82, 2.24) is 9.88 Å². The second-order valence-electron chi connectivity index (χ2n) is 6.43. The zero-order valence-electron chi connectivity index (χ0n) is 15.5. The number of nitrogens with zero attached hydrogens (tertiary/aromatic N) is 1. The lowest BCUT2D eigenvalue weighted by molar-refractivity contribution is -0.143. The number of carbonyl (C=O) groups excluding carboxylic acids is 3. The summed E-state index contributed by atoms with van der Waals surface area (Å²) in [5.74, 6) is -0.857. The molecule has 1 atom stereocenters. The highest BCUT2D eigenvalue weighted by Gasteiger charge is 2.26.